The fourth-order valence-corrected chi connectivity index (χ4v) is 1.70. The standard InChI is InChI=1S/C15H10N2O4/c1-10-8-13(17(19)20)6-7-14(10)21-15(18)12-4-2-11(9-16)3-5-12/h2-8H,1H3. The smallest absolute Gasteiger partial charge is 0.343 e. The van der Waals surface area contributed by atoms with Gasteiger partial charge < -0.3 is 4.74 Å². The fraction of sp³-hybridized carbons (Fsp3) is 0.0667. The molecule has 0 radical (unpaired) electrons. The van der Waals surface area contributed by atoms with Crippen molar-refractivity contribution in [1.29, 1.82) is 5.26 Å². The highest BCUT2D eigenvalue weighted by Gasteiger charge is 2.13. The lowest BCUT2D eigenvalue weighted by molar-refractivity contribution is -0.384. The number of esters is 1. The van der Waals surface area contributed by atoms with Gasteiger partial charge in [0.05, 0.1) is 22.1 Å². The van der Waals surface area contributed by atoms with Crippen LogP contribution in [0.3, 0.4) is 0 Å². The Bertz CT molecular complexity index is 745. The fourth-order valence-electron chi connectivity index (χ4n) is 1.70. The molecule has 0 aliphatic carbocycles. The molecular weight excluding hydrogens is 272 g/mol. The van der Waals surface area contributed by atoms with Crippen molar-refractivity contribution in [2.24, 2.45) is 0 Å². The minimum Gasteiger partial charge on any atom is -0.423 e. The molecule has 2 rings (SSSR count). The summed E-state index contributed by atoms with van der Waals surface area (Å²) in [4.78, 5) is 22.1. The average molecular weight is 282 g/mol. The summed E-state index contributed by atoms with van der Waals surface area (Å²) in [6, 6.07) is 11.9. The van der Waals surface area contributed by atoms with Gasteiger partial charge >= 0.3 is 5.97 Å². The molecule has 0 aliphatic heterocycles. The van der Waals surface area contributed by atoms with E-state index in [4.69, 9.17) is 10.00 Å². The first-order valence-electron chi connectivity index (χ1n) is 5.98. The molecule has 0 N–H and O–H groups in total. The summed E-state index contributed by atoms with van der Waals surface area (Å²) in [6.07, 6.45) is 0. The van der Waals surface area contributed by atoms with Crippen molar-refractivity contribution in [3.63, 3.8) is 0 Å². The molecule has 0 unspecified atom stereocenters. The van der Waals surface area contributed by atoms with E-state index in [0.29, 0.717) is 16.7 Å². The number of ether oxygens (including phenoxy) is 1. The number of non-ortho nitro benzene ring substituents is 1. The highest BCUT2D eigenvalue weighted by atomic mass is 16.6. The van der Waals surface area contributed by atoms with Gasteiger partial charge in [-0.05, 0) is 42.8 Å². The van der Waals surface area contributed by atoms with E-state index < -0.39 is 10.9 Å². The van der Waals surface area contributed by atoms with Crippen LogP contribution in [0.25, 0.3) is 0 Å². The molecule has 0 saturated heterocycles. The van der Waals surface area contributed by atoms with Gasteiger partial charge in [0.15, 0.2) is 0 Å². The number of carbonyl (C=O) groups is 1. The Morgan fingerprint density at radius 1 is 1.24 bits per heavy atom. The van der Waals surface area contributed by atoms with Crippen molar-refractivity contribution in [3.05, 3.63) is 69.3 Å². The van der Waals surface area contributed by atoms with Crippen LogP contribution in [0.5, 0.6) is 5.75 Å². The maximum Gasteiger partial charge on any atom is 0.343 e. The van der Waals surface area contributed by atoms with E-state index in [-0.39, 0.29) is 11.4 Å². The highest BCUT2D eigenvalue weighted by molar-refractivity contribution is 5.91. The molecule has 0 amide bonds. The number of nitro groups is 1. The molecule has 21 heavy (non-hydrogen) atoms. The minimum atomic E-state index is -0.587. The average Bonchev–Trinajstić information content (AvgIpc) is 2.49. The van der Waals surface area contributed by atoms with E-state index in [1.54, 1.807) is 6.92 Å². The SMILES string of the molecule is Cc1cc([N+](=O)[O-])ccc1OC(=O)c1ccc(C#N)cc1. The maximum absolute atomic E-state index is 11.9. The quantitative estimate of drug-likeness (QED) is 0.373. The molecule has 0 spiro atoms. The lowest BCUT2D eigenvalue weighted by Gasteiger charge is -2.07. The summed E-state index contributed by atoms with van der Waals surface area (Å²) < 4.78 is 5.20. The van der Waals surface area contributed by atoms with Crippen LogP contribution in [0.2, 0.25) is 0 Å². The summed E-state index contributed by atoms with van der Waals surface area (Å²) in [6.45, 7) is 1.62. The number of aryl methyl sites for hydroxylation is 1. The van der Waals surface area contributed by atoms with E-state index >= 15 is 0 Å². The molecule has 0 aliphatic rings. The number of hydrogen-bond donors (Lipinski definition) is 0. The molecule has 0 saturated carbocycles. The molecule has 0 bridgehead atoms. The second-order valence-corrected chi connectivity index (χ2v) is 4.29. The van der Waals surface area contributed by atoms with Crippen molar-refractivity contribution in [3.8, 4) is 11.8 Å². The lowest BCUT2D eigenvalue weighted by Crippen LogP contribution is -2.09. The van der Waals surface area contributed by atoms with Gasteiger partial charge in [0.1, 0.15) is 5.75 Å². The Labute approximate surface area is 120 Å². The number of carbonyl (C=O) groups excluding carboxylic acids is 1. The summed E-state index contributed by atoms with van der Waals surface area (Å²) >= 11 is 0. The number of nitro benzene ring substituents is 1. The van der Waals surface area contributed by atoms with Crippen molar-refractivity contribution < 1.29 is 14.5 Å². The second kappa shape index (κ2) is 5.84. The zero-order valence-corrected chi connectivity index (χ0v) is 11.1. The normalized spacial score (nSPS) is 9.71. The Morgan fingerprint density at radius 3 is 2.43 bits per heavy atom. The molecule has 104 valence electrons. The first-order valence-corrected chi connectivity index (χ1v) is 5.98. The number of nitriles is 1. The lowest BCUT2D eigenvalue weighted by atomic mass is 10.1. The highest BCUT2D eigenvalue weighted by Crippen LogP contribution is 2.24. The monoisotopic (exact) mass is 282 g/mol. The third-order valence-electron chi connectivity index (χ3n) is 2.82. The third kappa shape index (κ3) is 3.22. The van der Waals surface area contributed by atoms with Crippen LogP contribution in [0.15, 0.2) is 42.5 Å². The Balaban J connectivity index is 2.19. The molecule has 0 fully saturated rings. The van der Waals surface area contributed by atoms with Crippen LogP contribution in [0.4, 0.5) is 5.69 Å². The van der Waals surface area contributed by atoms with Gasteiger partial charge in [0, 0.05) is 12.1 Å². The van der Waals surface area contributed by atoms with E-state index in [2.05, 4.69) is 0 Å². The summed E-state index contributed by atoms with van der Waals surface area (Å²) in [5, 5.41) is 19.3. The predicted octanol–water partition coefficient (Wildman–Crippen LogP) is 2.99. The van der Waals surface area contributed by atoms with Crippen molar-refractivity contribution in [2.75, 3.05) is 0 Å². The molecule has 6 heteroatoms. The van der Waals surface area contributed by atoms with Crippen LogP contribution < -0.4 is 4.74 Å². The number of hydrogen-bond acceptors (Lipinski definition) is 5. The van der Waals surface area contributed by atoms with E-state index in [1.165, 1.54) is 42.5 Å². The van der Waals surface area contributed by atoms with Crippen molar-refractivity contribution >= 4 is 11.7 Å². The van der Waals surface area contributed by atoms with Gasteiger partial charge in [-0.1, -0.05) is 0 Å². The topological polar surface area (TPSA) is 93.2 Å². The number of rotatable bonds is 3. The van der Waals surface area contributed by atoms with Gasteiger partial charge in [0.25, 0.3) is 5.69 Å². The number of nitrogens with zero attached hydrogens (tertiary/aromatic N) is 2. The zero-order valence-electron chi connectivity index (χ0n) is 11.1. The van der Waals surface area contributed by atoms with Gasteiger partial charge in [-0.15, -0.1) is 0 Å². The molecule has 6 nitrogen and oxygen atoms in total. The Hall–Kier alpha value is -3.20. The zero-order chi connectivity index (χ0) is 15.4. The van der Waals surface area contributed by atoms with E-state index in [1.807, 2.05) is 6.07 Å². The minimum absolute atomic E-state index is 0.0642. The molecule has 2 aromatic rings. The van der Waals surface area contributed by atoms with Crippen LogP contribution in [0, 0.1) is 28.4 Å². The first-order chi connectivity index (χ1) is 10.0. The first kappa shape index (κ1) is 14.2. The molecule has 0 atom stereocenters. The van der Waals surface area contributed by atoms with Crippen LogP contribution in [0.1, 0.15) is 21.5 Å². The van der Waals surface area contributed by atoms with E-state index in [0.717, 1.165) is 0 Å². The van der Waals surface area contributed by atoms with Crippen LogP contribution in [-0.4, -0.2) is 10.9 Å². The van der Waals surface area contributed by atoms with Crippen molar-refractivity contribution in [2.45, 2.75) is 6.92 Å². The van der Waals surface area contributed by atoms with Gasteiger partial charge in [0.2, 0.25) is 0 Å². The summed E-state index contributed by atoms with van der Waals surface area (Å²) in [5.41, 5.74) is 1.17. The third-order valence-corrected chi connectivity index (χ3v) is 2.82. The van der Waals surface area contributed by atoms with Gasteiger partial charge in [-0.3, -0.25) is 10.1 Å². The maximum atomic E-state index is 11.9. The van der Waals surface area contributed by atoms with Crippen molar-refractivity contribution in [1.82, 2.24) is 0 Å². The Kier molecular flexibility index (Phi) is 3.95. The summed E-state index contributed by atoms with van der Waals surface area (Å²) in [5.74, 6) is -0.327. The van der Waals surface area contributed by atoms with Gasteiger partial charge in [-0.25, -0.2) is 4.79 Å². The van der Waals surface area contributed by atoms with Crippen LogP contribution in [-0.2, 0) is 0 Å². The number of benzene rings is 2. The Morgan fingerprint density at radius 2 is 1.90 bits per heavy atom. The second-order valence-electron chi connectivity index (χ2n) is 4.29. The predicted molar refractivity (Wildman–Crippen MR) is 73.9 cm³/mol. The summed E-state index contributed by atoms with van der Waals surface area (Å²) in [7, 11) is 0. The van der Waals surface area contributed by atoms with Gasteiger partial charge in [-0.2, -0.15) is 5.26 Å². The van der Waals surface area contributed by atoms with E-state index in [9.17, 15) is 14.9 Å². The van der Waals surface area contributed by atoms with Crippen LogP contribution >= 0.6 is 0 Å². The molecular formula is C15H10N2O4. The molecule has 0 heterocycles. The molecule has 2 aromatic carbocycles. The largest absolute Gasteiger partial charge is 0.423 e. The molecule has 0 aromatic heterocycles.